The number of anilines is 1. The maximum absolute atomic E-state index is 12.6. The van der Waals surface area contributed by atoms with Gasteiger partial charge in [0, 0.05) is 11.3 Å². The van der Waals surface area contributed by atoms with Crippen molar-refractivity contribution in [2.75, 3.05) is 18.5 Å². The van der Waals surface area contributed by atoms with Crippen LogP contribution in [0.25, 0.3) is 0 Å². The summed E-state index contributed by atoms with van der Waals surface area (Å²) in [6, 6.07) is 11.4. The maximum atomic E-state index is 12.6. The minimum absolute atomic E-state index is 0.155. The van der Waals surface area contributed by atoms with Crippen LogP contribution in [-0.4, -0.2) is 19.1 Å². The topological polar surface area (TPSA) is 47.6 Å². The van der Waals surface area contributed by atoms with Crippen molar-refractivity contribution < 1.29 is 14.3 Å². The van der Waals surface area contributed by atoms with Gasteiger partial charge in [-0.05, 0) is 66.6 Å². The zero-order valence-electron chi connectivity index (χ0n) is 14.2. The largest absolute Gasteiger partial charge is 0.490 e. The molecular weight excluding hydrogens is 417 g/mol. The van der Waals surface area contributed by atoms with Crippen molar-refractivity contribution in [2.24, 2.45) is 0 Å². The van der Waals surface area contributed by atoms with E-state index in [1.807, 2.05) is 44.2 Å². The van der Waals surface area contributed by atoms with E-state index in [4.69, 9.17) is 9.47 Å². The first-order chi connectivity index (χ1) is 11.6. The predicted octanol–water partition coefficient (Wildman–Crippen LogP) is 4.90. The molecule has 4 nitrogen and oxygen atoms in total. The van der Waals surface area contributed by atoms with E-state index in [1.54, 1.807) is 6.07 Å². The number of halogens is 1. The number of carbonyl (C=O) groups excluding carboxylic acids is 1. The summed E-state index contributed by atoms with van der Waals surface area (Å²) in [5.74, 6) is 1.13. The first-order valence-corrected chi connectivity index (χ1v) is 9.16. The van der Waals surface area contributed by atoms with Crippen LogP contribution in [0, 0.1) is 3.57 Å². The van der Waals surface area contributed by atoms with Gasteiger partial charge in [0.2, 0.25) is 0 Å². The van der Waals surface area contributed by atoms with Crippen molar-refractivity contribution in [3.8, 4) is 11.5 Å². The summed E-state index contributed by atoms with van der Waals surface area (Å²) in [7, 11) is 0. The third-order valence-corrected chi connectivity index (χ3v) is 4.31. The monoisotopic (exact) mass is 439 g/mol. The van der Waals surface area contributed by atoms with Gasteiger partial charge in [-0.1, -0.05) is 25.1 Å². The second-order valence-corrected chi connectivity index (χ2v) is 6.28. The van der Waals surface area contributed by atoms with Gasteiger partial charge in [0.25, 0.3) is 5.91 Å². The number of hydrogen-bond donors (Lipinski definition) is 1. The Morgan fingerprint density at radius 1 is 1.08 bits per heavy atom. The summed E-state index contributed by atoms with van der Waals surface area (Å²) < 4.78 is 12.1. The highest BCUT2D eigenvalue weighted by atomic mass is 127. The Bertz CT molecular complexity index is 716. The van der Waals surface area contributed by atoms with Crippen molar-refractivity contribution in [1.82, 2.24) is 0 Å². The third-order valence-electron chi connectivity index (χ3n) is 3.51. The molecule has 2 rings (SSSR count). The molecule has 0 aliphatic rings. The Hall–Kier alpha value is -1.76. The van der Waals surface area contributed by atoms with E-state index in [0.29, 0.717) is 30.3 Å². The Kier molecular flexibility index (Phi) is 6.90. The summed E-state index contributed by atoms with van der Waals surface area (Å²) >= 11 is 2.17. The number of ether oxygens (including phenoxy) is 2. The molecule has 0 bridgehead atoms. The molecule has 0 saturated heterocycles. The normalized spacial score (nSPS) is 10.3. The first kappa shape index (κ1) is 18.6. The maximum Gasteiger partial charge on any atom is 0.255 e. The number of para-hydroxylation sites is 1. The van der Waals surface area contributed by atoms with E-state index in [2.05, 4.69) is 34.8 Å². The number of amides is 1. The van der Waals surface area contributed by atoms with Crippen LogP contribution in [0.1, 0.15) is 36.7 Å². The molecule has 0 atom stereocenters. The standard InChI is InChI=1S/C19H22INO3/c1-4-13-9-7-8-10-16(13)21-19(22)14-11-15(20)18(24-6-3)17(12-14)23-5-2/h7-12H,4-6H2,1-3H3,(H,21,22). The lowest BCUT2D eigenvalue weighted by atomic mass is 10.1. The highest BCUT2D eigenvalue weighted by molar-refractivity contribution is 14.1. The lowest BCUT2D eigenvalue weighted by molar-refractivity contribution is 0.102. The molecule has 0 aliphatic carbocycles. The Balaban J connectivity index is 2.32. The van der Waals surface area contributed by atoms with E-state index in [9.17, 15) is 4.79 Å². The van der Waals surface area contributed by atoms with Gasteiger partial charge in [0.1, 0.15) is 0 Å². The molecule has 0 radical (unpaired) electrons. The summed E-state index contributed by atoms with van der Waals surface area (Å²) in [5, 5.41) is 2.99. The van der Waals surface area contributed by atoms with Crippen LogP contribution in [0.15, 0.2) is 36.4 Å². The predicted molar refractivity (Wildman–Crippen MR) is 105 cm³/mol. The molecule has 0 aliphatic heterocycles. The number of nitrogens with one attached hydrogen (secondary N) is 1. The smallest absolute Gasteiger partial charge is 0.255 e. The van der Waals surface area contributed by atoms with Gasteiger partial charge in [0.15, 0.2) is 11.5 Å². The second kappa shape index (κ2) is 8.92. The van der Waals surface area contributed by atoms with Gasteiger partial charge >= 0.3 is 0 Å². The third kappa shape index (κ3) is 4.41. The summed E-state index contributed by atoms with van der Waals surface area (Å²) in [6.07, 6.45) is 0.863. The van der Waals surface area contributed by atoms with Gasteiger partial charge in [-0.15, -0.1) is 0 Å². The van der Waals surface area contributed by atoms with Crippen LogP contribution in [0.4, 0.5) is 5.69 Å². The van der Waals surface area contributed by atoms with E-state index in [0.717, 1.165) is 21.2 Å². The highest BCUT2D eigenvalue weighted by Gasteiger charge is 2.16. The fourth-order valence-electron chi connectivity index (χ4n) is 2.39. The van der Waals surface area contributed by atoms with Crippen molar-refractivity contribution in [3.63, 3.8) is 0 Å². The molecular formula is C19H22INO3. The summed E-state index contributed by atoms with van der Waals surface area (Å²) in [6.45, 7) is 6.96. The van der Waals surface area contributed by atoms with E-state index < -0.39 is 0 Å². The average Bonchev–Trinajstić information content (AvgIpc) is 2.58. The number of carbonyl (C=O) groups is 1. The lowest BCUT2D eigenvalue weighted by Gasteiger charge is -2.15. The van der Waals surface area contributed by atoms with E-state index in [-0.39, 0.29) is 5.91 Å². The zero-order chi connectivity index (χ0) is 17.5. The molecule has 1 amide bonds. The summed E-state index contributed by atoms with van der Waals surface area (Å²) in [4.78, 5) is 12.6. The Morgan fingerprint density at radius 2 is 1.79 bits per heavy atom. The zero-order valence-corrected chi connectivity index (χ0v) is 16.3. The Morgan fingerprint density at radius 3 is 2.46 bits per heavy atom. The fourth-order valence-corrected chi connectivity index (χ4v) is 3.15. The molecule has 5 heteroatoms. The van der Waals surface area contributed by atoms with Crippen molar-refractivity contribution in [1.29, 1.82) is 0 Å². The van der Waals surface area contributed by atoms with Gasteiger partial charge in [-0.2, -0.15) is 0 Å². The molecule has 1 N–H and O–H groups in total. The SMILES string of the molecule is CCOc1cc(C(=O)Nc2ccccc2CC)cc(I)c1OCC. The van der Waals surface area contributed by atoms with E-state index in [1.165, 1.54) is 0 Å². The molecule has 2 aromatic carbocycles. The van der Waals surface area contributed by atoms with Crippen LogP contribution in [0.3, 0.4) is 0 Å². The van der Waals surface area contributed by atoms with Crippen LogP contribution in [0.2, 0.25) is 0 Å². The molecule has 0 saturated carbocycles. The second-order valence-electron chi connectivity index (χ2n) is 5.12. The van der Waals surface area contributed by atoms with Crippen LogP contribution >= 0.6 is 22.6 Å². The molecule has 0 spiro atoms. The molecule has 0 heterocycles. The van der Waals surface area contributed by atoms with Gasteiger partial charge < -0.3 is 14.8 Å². The van der Waals surface area contributed by atoms with Gasteiger partial charge in [-0.25, -0.2) is 0 Å². The summed E-state index contributed by atoms with van der Waals surface area (Å²) in [5.41, 5.74) is 2.50. The highest BCUT2D eigenvalue weighted by Crippen LogP contribution is 2.34. The van der Waals surface area contributed by atoms with Crippen molar-refractivity contribution >= 4 is 34.2 Å². The van der Waals surface area contributed by atoms with Gasteiger partial charge in [0.05, 0.1) is 16.8 Å². The number of aryl methyl sites for hydroxylation is 1. The number of benzene rings is 2. The minimum atomic E-state index is -0.155. The van der Waals surface area contributed by atoms with Crippen LogP contribution in [0.5, 0.6) is 11.5 Å². The molecule has 0 aromatic heterocycles. The fraction of sp³-hybridized carbons (Fsp3) is 0.316. The first-order valence-electron chi connectivity index (χ1n) is 8.09. The number of hydrogen-bond acceptors (Lipinski definition) is 3. The lowest BCUT2D eigenvalue weighted by Crippen LogP contribution is -2.14. The quantitative estimate of drug-likeness (QED) is 0.625. The Labute approximate surface area is 156 Å². The molecule has 0 unspecified atom stereocenters. The van der Waals surface area contributed by atoms with Crippen molar-refractivity contribution in [3.05, 3.63) is 51.1 Å². The van der Waals surface area contributed by atoms with Crippen LogP contribution < -0.4 is 14.8 Å². The molecule has 0 fully saturated rings. The molecule has 24 heavy (non-hydrogen) atoms. The molecule has 2 aromatic rings. The number of rotatable bonds is 7. The van der Waals surface area contributed by atoms with Gasteiger partial charge in [-0.3, -0.25) is 4.79 Å². The molecule has 128 valence electrons. The van der Waals surface area contributed by atoms with Crippen molar-refractivity contribution in [2.45, 2.75) is 27.2 Å². The van der Waals surface area contributed by atoms with E-state index >= 15 is 0 Å². The minimum Gasteiger partial charge on any atom is -0.490 e. The average molecular weight is 439 g/mol. The van der Waals surface area contributed by atoms with Crippen LogP contribution in [-0.2, 0) is 6.42 Å².